The number of fused-ring (bicyclic) bond motifs is 1. The fourth-order valence-electron chi connectivity index (χ4n) is 7.92. The van der Waals surface area contributed by atoms with Crippen LogP contribution in [0.1, 0.15) is 131 Å². The van der Waals surface area contributed by atoms with Gasteiger partial charge >= 0.3 is 0 Å². The Morgan fingerprint density at radius 3 is 2.04 bits per heavy atom. The first kappa shape index (κ1) is 38.8. The largest absolute Gasteiger partial charge is 0.383 e. The smallest absolute Gasteiger partial charge is 0.289 e. The third-order valence-corrected chi connectivity index (χ3v) is 11.0. The van der Waals surface area contributed by atoms with Gasteiger partial charge in [0.25, 0.3) is 5.91 Å². The normalized spacial score (nSPS) is 25.4. The first-order valence-electron chi connectivity index (χ1n) is 18.9. The Labute approximate surface area is 292 Å². The average molecular weight is 688 g/mol. The van der Waals surface area contributed by atoms with Crippen molar-refractivity contribution in [2.45, 2.75) is 174 Å². The second-order valence-electron chi connectivity index (χ2n) is 16.5. The highest BCUT2D eigenvalue weighted by Crippen LogP contribution is 2.41. The Balaban J connectivity index is 1.58. The van der Waals surface area contributed by atoms with Crippen molar-refractivity contribution in [1.29, 1.82) is 0 Å². The predicted molar refractivity (Wildman–Crippen MR) is 185 cm³/mol. The molecule has 4 rings (SSSR count). The van der Waals surface area contributed by atoms with Gasteiger partial charge in [-0.3, -0.25) is 28.8 Å². The van der Waals surface area contributed by atoms with Crippen LogP contribution >= 0.6 is 0 Å². The number of nitrogens with zero attached hydrogens (tertiary/aromatic N) is 1. The summed E-state index contributed by atoms with van der Waals surface area (Å²) in [5.74, 6) is -3.62. The van der Waals surface area contributed by atoms with Crippen LogP contribution in [0.25, 0.3) is 0 Å². The van der Waals surface area contributed by atoms with Crippen LogP contribution in [-0.2, 0) is 28.8 Å². The molecule has 0 bridgehead atoms. The SMILES string of the molecule is CCC[C@H](NC(=O)[C@@H]1CC2CCCCC2N1C(=O)[C@@H](NC(=O)C(NC(=O)[C@@H](O)C(C)C)C1CCCCC1)C(C)(C)C)C(=O)C(=O)NC1CC1. The lowest BCUT2D eigenvalue weighted by Gasteiger charge is -2.40. The van der Waals surface area contributed by atoms with Crippen molar-refractivity contribution in [3.63, 3.8) is 0 Å². The number of amides is 5. The molecule has 0 aromatic rings. The number of ketones is 1. The Bertz CT molecular complexity index is 1220. The first-order chi connectivity index (χ1) is 23.1. The lowest BCUT2D eigenvalue weighted by molar-refractivity contribution is -0.148. The maximum Gasteiger partial charge on any atom is 0.289 e. The monoisotopic (exact) mass is 687 g/mol. The number of aliphatic hydroxyl groups is 1. The van der Waals surface area contributed by atoms with Gasteiger partial charge in [-0.2, -0.15) is 0 Å². The summed E-state index contributed by atoms with van der Waals surface area (Å²) in [7, 11) is 0. The second-order valence-corrected chi connectivity index (χ2v) is 16.5. The van der Waals surface area contributed by atoms with E-state index in [1.807, 2.05) is 27.7 Å². The topological polar surface area (TPSA) is 174 Å². The van der Waals surface area contributed by atoms with Gasteiger partial charge in [-0.15, -0.1) is 0 Å². The van der Waals surface area contributed by atoms with Crippen LogP contribution in [0, 0.1) is 23.2 Å². The highest BCUT2D eigenvalue weighted by Gasteiger charge is 2.51. The summed E-state index contributed by atoms with van der Waals surface area (Å²) in [5, 5.41) is 21.9. The van der Waals surface area contributed by atoms with Gasteiger partial charge in [-0.25, -0.2) is 0 Å². The molecular formula is C37H61N5O7. The van der Waals surface area contributed by atoms with E-state index in [0.717, 1.165) is 70.6 Å². The maximum absolute atomic E-state index is 14.8. The van der Waals surface area contributed by atoms with E-state index in [1.165, 1.54) is 0 Å². The lowest BCUT2D eigenvalue weighted by atomic mass is 9.81. The minimum Gasteiger partial charge on any atom is -0.383 e. The Kier molecular flexibility index (Phi) is 13.3. The molecule has 0 radical (unpaired) electrons. The molecule has 0 aromatic heterocycles. The molecule has 1 saturated heterocycles. The van der Waals surface area contributed by atoms with Crippen LogP contribution in [0.15, 0.2) is 0 Å². The molecule has 3 aliphatic carbocycles. The summed E-state index contributed by atoms with van der Waals surface area (Å²) < 4.78 is 0. The number of rotatable bonds is 14. The molecule has 12 nitrogen and oxygen atoms in total. The lowest BCUT2D eigenvalue weighted by Crippen LogP contribution is -2.63. The molecule has 3 unspecified atom stereocenters. The standard InChI is InChI=1S/C37H61N5O7/c1-7-13-25(30(44)35(48)38-24-18-19-24)39-32(45)27-20-23-16-11-12-17-26(23)42(27)36(49)31(37(4,5)6)41-33(46)28(22-14-9-8-10-15-22)40-34(47)29(43)21(2)3/h21-29,31,43H,7-20H2,1-6H3,(H,38,48)(H,39,45)(H,40,47)(H,41,46)/t23?,25-,26?,27-,28?,29-,31+/m0/s1. The third kappa shape index (κ3) is 9.82. The molecular weight excluding hydrogens is 626 g/mol. The highest BCUT2D eigenvalue weighted by atomic mass is 16.3. The zero-order valence-corrected chi connectivity index (χ0v) is 30.5. The van der Waals surface area contributed by atoms with Crippen LogP contribution in [0.4, 0.5) is 0 Å². The summed E-state index contributed by atoms with van der Waals surface area (Å²) in [5.41, 5.74) is -0.749. The van der Waals surface area contributed by atoms with E-state index in [1.54, 1.807) is 18.7 Å². The van der Waals surface area contributed by atoms with E-state index in [2.05, 4.69) is 21.3 Å². The summed E-state index contributed by atoms with van der Waals surface area (Å²) in [6.45, 7) is 10.9. The summed E-state index contributed by atoms with van der Waals surface area (Å²) in [4.78, 5) is 83.4. The van der Waals surface area contributed by atoms with Gasteiger partial charge < -0.3 is 31.3 Å². The van der Waals surface area contributed by atoms with Crippen LogP contribution in [-0.4, -0.2) is 87.7 Å². The summed E-state index contributed by atoms with van der Waals surface area (Å²) in [6.07, 6.45) is 9.66. The van der Waals surface area contributed by atoms with Gasteiger partial charge in [0.15, 0.2) is 0 Å². The molecule has 4 aliphatic rings. The van der Waals surface area contributed by atoms with Crippen LogP contribution in [0.2, 0.25) is 0 Å². The number of hydrogen-bond donors (Lipinski definition) is 5. The van der Waals surface area contributed by atoms with Crippen molar-refractivity contribution in [2.75, 3.05) is 0 Å². The molecule has 49 heavy (non-hydrogen) atoms. The van der Waals surface area contributed by atoms with Crippen LogP contribution < -0.4 is 21.3 Å². The zero-order chi connectivity index (χ0) is 36.0. The minimum absolute atomic E-state index is 0.0105. The fourth-order valence-corrected chi connectivity index (χ4v) is 7.92. The van der Waals surface area contributed by atoms with Crippen LogP contribution in [0.5, 0.6) is 0 Å². The highest BCUT2D eigenvalue weighted by molar-refractivity contribution is 6.38. The van der Waals surface area contributed by atoms with Crippen molar-refractivity contribution in [3.05, 3.63) is 0 Å². The van der Waals surface area contributed by atoms with Gasteiger partial charge in [-0.1, -0.05) is 80.1 Å². The van der Waals surface area contributed by atoms with Gasteiger partial charge in [0, 0.05) is 12.1 Å². The first-order valence-corrected chi connectivity index (χ1v) is 18.9. The van der Waals surface area contributed by atoms with E-state index >= 15 is 0 Å². The Morgan fingerprint density at radius 1 is 0.816 bits per heavy atom. The molecule has 1 aliphatic heterocycles. The van der Waals surface area contributed by atoms with E-state index in [4.69, 9.17) is 0 Å². The van der Waals surface area contributed by atoms with Crippen LogP contribution in [0.3, 0.4) is 0 Å². The Morgan fingerprint density at radius 2 is 1.45 bits per heavy atom. The quantitative estimate of drug-likeness (QED) is 0.175. The van der Waals surface area contributed by atoms with E-state index in [-0.39, 0.29) is 35.7 Å². The molecule has 0 aromatic carbocycles. The number of aliphatic hydroxyl groups excluding tert-OH is 1. The van der Waals surface area contributed by atoms with Gasteiger partial charge in [0.2, 0.25) is 29.4 Å². The number of hydrogen-bond acceptors (Lipinski definition) is 7. The number of likely N-dealkylation sites (tertiary alicyclic amines) is 1. The molecule has 276 valence electrons. The second kappa shape index (κ2) is 16.8. The fraction of sp³-hybridized carbons (Fsp3) is 0.838. The Hall–Kier alpha value is -3.02. The number of Topliss-reactive ketones (excluding diaryl/α,β-unsaturated/α-hetero) is 1. The molecule has 12 heteroatoms. The van der Waals surface area contributed by atoms with Gasteiger partial charge in [0.1, 0.15) is 24.2 Å². The average Bonchev–Trinajstić information content (AvgIpc) is 3.79. The van der Waals surface area contributed by atoms with Gasteiger partial charge in [-0.05, 0) is 74.5 Å². The van der Waals surface area contributed by atoms with Crippen molar-refractivity contribution < 1.29 is 33.9 Å². The number of carbonyl (C=O) groups excluding carboxylic acids is 6. The molecule has 4 fully saturated rings. The molecule has 0 spiro atoms. The molecule has 1 heterocycles. The van der Waals surface area contributed by atoms with E-state index in [9.17, 15) is 33.9 Å². The molecule has 3 saturated carbocycles. The maximum atomic E-state index is 14.8. The van der Waals surface area contributed by atoms with E-state index in [0.29, 0.717) is 19.3 Å². The predicted octanol–water partition coefficient (Wildman–Crippen LogP) is 2.89. The zero-order valence-electron chi connectivity index (χ0n) is 30.5. The van der Waals surface area contributed by atoms with Crippen molar-refractivity contribution in [2.24, 2.45) is 23.2 Å². The summed E-state index contributed by atoms with van der Waals surface area (Å²) in [6, 6.07) is -3.94. The molecule has 5 amide bonds. The third-order valence-electron chi connectivity index (χ3n) is 11.0. The van der Waals surface area contributed by atoms with Gasteiger partial charge in [0.05, 0.1) is 6.04 Å². The van der Waals surface area contributed by atoms with Crippen molar-refractivity contribution in [1.82, 2.24) is 26.2 Å². The molecule has 7 atom stereocenters. The van der Waals surface area contributed by atoms with Crippen molar-refractivity contribution in [3.8, 4) is 0 Å². The van der Waals surface area contributed by atoms with E-state index < -0.39 is 65.1 Å². The molecule has 5 N–H and O–H groups in total. The minimum atomic E-state index is -1.27. The number of nitrogens with one attached hydrogen (secondary N) is 4. The summed E-state index contributed by atoms with van der Waals surface area (Å²) >= 11 is 0. The van der Waals surface area contributed by atoms with Crippen molar-refractivity contribution >= 4 is 35.3 Å². The number of carbonyl (C=O) groups is 6.